The summed E-state index contributed by atoms with van der Waals surface area (Å²) >= 11 is 0. The minimum absolute atomic E-state index is 0.498. The lowest BCUT2D eigenvalue weighted by molar-refractivity contribution is -0.142. The fraction of sp³-hybridized carbons (Fsp3) is 0.0588. The summed E-state index contributed by atoms with van der Waals surface area (Å²) in [5, 5.41) is 12.7. The highest BCUT2D eigenvalue weighted by Crippen LogP contribution is 2.35. The smallest absolute Gasteiger partial charge is 0.344 e. The number of oxime groups is 1. The van der Waals surface area contributed by atoms with Gasteiger partial charge in [-0.2, -0.15) is 0 Å². The summed E-state index contributed by atoms with van der Waals surface area (Å²) in [6, 6.07) is 15.2. The normalized spacial score (nSPS) is 13.8. The molecule has 0 spiro atoms. The molecule has 1 aromatic heterocycles. The highest BCUT2D eigenvalue weighted by molar-refractivity contribution is 6.23. The fourth-order valence-corrected chi connectivity index (χ4v) is 2.62. The Morgan fingerprint density at radius 1 is 0.957 bits per heavy atom. The largest absolute Gasteiger partial charge is 0.479 e. The molecule has 0 radical (unpaired) electrons. The zero-order valence-electron chi connectivity index (χ0n) is 11.9. The van der Waals surface area contributed by atoms with Crippen LogP contribution in [0.15, 0.2) is 53.7 Å². The number of nitrogens with zero attached hydrogens (tertiary/aromatic N) is 3. The molecular weight excluding hydrogens is 294 g/mol. The van der Waals surface area contributed by atoms with Crippen LogP contribution in [0.25, 0.3) is 22.3 Å². The lowest BCUT2D eigenvalue weighted by atomic mass is 10.1. The van der Waals surface area contributed by atoms with E-state index < -0.39 is 12.6 Å². The monoisotopic (exact) mass is 305 g/mol. The molecule has 0 unspecified atom stereocenters. The van der Waals surface area contributed by atoms with Crippen LogP contribution in [0, 0.1) is 0 Å². The molecule has 0 saturated carbocycles. The van der Waals surface area contributed by atoms with Gasteiger partial charge in [-0.1, -0.05) is 41.6 Å². The predicted molar refractivity (Wildman–Crippen MR) is 84.2 cm³/mol. The molecule has 0 atom stereocenters. The van der Waals surface area contributed by atoms with Crippen LogP contribution >= 0.6 is 0 Å². The van der Waals surface area contributed by atoms with Gasteiger partial charge in [0.1, 0.15) is 11.4 Å². The molecule has 6 nitrogen and oxygen atoms in total. The lowest BCUT2D eigenvalue weighted by Gasteiger charge is -2.02. The van der Waals surface area contributed by atoms with Crippen molar-refractivity contribution in [2.24, 2.45) is 5.16 Å². The Morgan fingerprint density at radius 2 is 1.57 bits per heavy atom. The molecular formula is C17H11N3O3. The number of carboxylic acids is 1. The predicted octanol–water partition coefficient (Wildman–Crippen LogP) is 2.46. The summed E-state index contributed by atoms with van der Waals surface area (Å²) in [5.74, 6) is -1.08. The van der Waals surface area contributed by atoms with Crippen LogP contribution in [0.5, 0.6) is 0 Å². The van der Waals surface area contributed by atoms with Gasteiger partial charge < -0.3 is 9.94 Å². The number of aromatic nitrogens is 2. The van der Waals surface area contributed by atoms with E-state index >= 15 is 0 Å². The first-order valence-corrected chi connectivity index (χ1v) is 7.03. The van der Waals surface area contributed by atoms with Crippen molar-refractivity contribution in [2.45, 2.75) is 0 Å². The van der Waals surface area contributed by atoms with Crippen molar-refractivity contribution in [3.63, 3.8) is 0 Å². The summed E-state index contributed by atoms with van der Waals surface area (Å²) in [6.07, 6.45) is 0. The molecule has 0 aliphatic heterocycles. The fourth-order valence-electron chi connectivity index (χ4n) is 2.62. The minimum atomic E-state index is -1.08. The van der Waals surface area contributed by atoms with Crippen LogP contribution in [-0.2, 0) is 9.63 Å². The molecule has 3 aromatic rings. The Bertz CT molecular complexity index is 966. The molecule has 23 heavy (non-hydrogen) atoms. The third kappa shape index (κ3) is 2.20. The third-order valence-corrected chi connectivity index (χ3v) is 3.58. The molecule has 0 amide bonds. The topological polar surface area (TPSA) is 84.7 Å². The summed E-state index contributed by atoms with van der Waals surface area (Å²) in [4.78, 5) is 24.8. The lowest BCUT2D eigenvalue weighted by Crippen LogP contribution is -2.07. The van der Waals surface area contributed by atoms with Gasteiger partial charge in [0.15, 0.2) is 0 Å². The molecule has 0 fully saturated rings. The SMILES string of the molecule is O=C(O)CO/N=C1\c2ccccc2-c2nc3ccccc3nc21. The first kappa shape index (κ1) is 13.4. The Hall–Kier alpha value is -3.28. The number of carboxylic acid groups (broad SMARTS) is 1. The number of hydrogen-bond acceptors (Lipinski definition) is 5. The van der Waals surface area contributed by atoms with E-state index in [-0.39, 0.29) is 0 Å². The van der Waals surface area contributed by atoms with Gasteiger partial charge in [0.25, 0.3) is 0 Å². The number of aliphatic carboxylic acids is 1. The van der Waals surface area contributed by atoms with Gasteiger partial charge in [-0.3, -0.25) is 0 Å². The summed E-state index contributed by atoms with van der Waals surface area (Å²) < 4.78 is 0. The molecule has 2 aromatic carbocycles. The average molecular weight is 305 g/mol. The Labute approximate surface area is 131 Å². The number of benzene rings is 2. The van der Waals surface area contributed by atoms with Gasteiger partial charge in [0, 0.05) is 11.1 Å². The van der Waals surface area contributed by atoms with Crippen molar-refractivity contribution in [1.82, 2.24) is 9.97 Å². The van der Waals surface area contributed by atoms with E-state index in [1.54, 1.807) is 0 Å². The quantitative estimate of drug-likeness (QED) is 0.588. The van der Waals surface area contributed by atoms with E-state index in [4.69, 9.17) is 9.94 Å². The van der Waals surface area contributed by atoms with Crippen LogP contribution in [0.4, 0.5) is 0 Å². The summed E-state index contributed by atoms with van der Waals surface area (Å²) in [7, 11) is 0. The van der Waals surface area contributed by atoms with Crippen molar-refractivity contribution in [3.8, 4) is 11.3 Å². The van der Waals surface area contributed by atoms with Crippen molar-refractivity contribution in [3.05, 3.63) is 59.8 Å². The Balaban J connectivity index is 1.92. The molecule has 1 aliphatic carbocycles. The van der Waals surface area contributed by atoms with E-state index in [0.29, 0.717) is 11.4 Å². The summed E-state index contributed by atoms with van der Waals surface area (Å²) in [6.45, 7) is -0.498. The van der Waals surface area contributed by atoms with Crippen molar-refractivity contribution in [2.75, 3.05) is 6.61 Å². The van der Waals surface area contributed by atoms with Crippen LogP contribution in [0.1, 0.15) is 11.3 Å². The molecule has 0 saturated heterocycles. The van der Waals surface area contributed by atoms with E-state index in [2.05, 4.69) is 15.1 Å². The second-order valence-electron chi connectivity index (χ2n) is 5.06. The Kier molecular flexibility index (Phi) is 3.01. The maximum Gasteiger partial charge on any atom is 0.344 e. The molecule has 1 N–H and O–H groups in total. The van der Waals surface area contributed by atoms with E-state index in [0.717, 1.165) is 27.9 Å². The summed E-state index contributed by atoms with van der Waals surface area (Å²) in [5.41, 5.74) is 5.16. The molecule has 1 aliphatic rings. The standard InChI is InChI=1S/C17H11N3O3/c21-14(22)9-23-20-16-11-6-2-1-5-10(11)15-17(16)19-13-8-4-3-7-12(13)18-15/h1-8H,9H2,(H,21,22)/b20-16+. The highest BCUT2D eigenvalue weighted by atomic mass is 16.6. The maximum absolute atomic E-state index is 10.6. The van der Waals surface area contributed by atoms with Gasteiger partial charge in [-0.25, -0.2) is 14.8 Å². The average Bonchev–Trinajstić information content (AvgIpc) is 2.86. The first-order valence-electron chi connectivity index (χ1n) is 7.03. The van der Waals surface area contributed by atoms with Gasteiger partial charge in [-0.05, 0) is 12.1 Å². The molecule has 6 heteroatoms. The number of para-hydroxylation sites is 2. The van der Waals surface area contributed by atoms with Gasteiger partial charge in [0.05, 0.1) is 16.7 Å². The second-order valence-corrected chi connectivity index (χ2v) is 5.06. The van der Waals surface area contributed by atoms with Crippen LogP contribution in [-0.4, -0.2) is 33.4 Å². The van der Waals surface area contributed by atoms with Gasteiger partial charge in [-0.15, -0.1) is 0 Å². The number of rotatable bonds is 3. The molecule has 112 valence electrons. The minimum Gasteiger partial charge on any atom is -0.479 e. The number of hydrogen-bond donors (Lipinski definition) is 1. The van der Waals surface area contributed by atoms with E-state index in [9.17, 15) is 4.79 Å². The van der Waals surface area contributed by atoms with E-state index in [1.165, 1.54) is 0 Å². The molecule has 0 bridgehead atoms. The zero-order chi connectivity index (χ0) is 15.8. The van der Waals surface area contributed by atoms with Gasteiger partial charge in [0.2, 0.25) is 6.61 Å². The number of carbonyl (C=O) groups is 1. The first-order chi connectivity index (χ1) is 11.2. The zero-order valence-corrected chi connectivity index (χ0v) is 11.9. The Morgan fingerprint density at radius 3 is 2.26 bits per heavy atom. The highest BCUT2D eigenvalue weighted by Gasteiger charge is 2.28. The van der Waals surface area contributed by atoms with Crippen molar-refractivity contribution < 1.29 is 14.7 Å². The van der Waals surface area contributed by atoms with Crippen LogP contribution in [0.2, 0.25) is 0 Å². The van der Waals surface area contributed by atoms with Crippen molar-refractivity contribution in [1.29, 1.82) is 0 Å². The maximum atomic E-state index is 10.6. The van der Waals surface area contributed by atoms with Crippen molar-refractivity contribution >= 4 is 22.7 Å². The molecule has 4 rings (SSSR count). The molecule has 1 heterocycles. The van der Waals surface area contributed by atoms with Crippen LogP contribution < -0.4 is 0 Å². The van der Waals surface area contributed by atoms with Crippen LogP contribution in [0.3, 0.4) is 0 Å². The third-order valence-electron chi connectivity index (χ3n) is 3.58. The second kappa shape index (κ2) is 5.17. The van der Waals surface area contributed by atoms with E-state index in [1.807, 2.05) is 48.5 Å². The van der Waals surface area contributed by atoms with Gasteiger partial charge >= 0.3 is 5.97 Å². The number of fused-ring (bicyclic) bond motifs is 4.